The van der Waals surface area contributed by atoms with Gasteiger partial charge < -0.3 is 19.3 Å². The Hall–Kier alpha value is -2.24. The first-order valence-corrected chi connectivity index (χ1v) is 9.18. The molecule has 3 aliphatic heterocycles. The summed E-state index contributed by atoms with van der Waals surface area (Å²) in [5, 5.41) is 0. The average Bonchev–Trinajstić information content (AvgIpc) is 3.26. The summed E-state index contributed by atoms with van der Waals surface area (Å²) in [4.78, 5) is 29.2. The third kappa shape index (κ3) is 2.94. The summed E-state index contributed by atoms with van der Waals surface area (Å²) >= 11 is 0. The molecule has 2 amide bonds. The number of nitrogens with zero attached hydrogens (tertiary/aromatic N) is 2. The molecule has 0 bridgehead atoms. The van der Waals surface area contributed by atoms with Crippen molar-refractivity contribution in [1.29, 1.82) is 0 Å². The number of fused-ring (bicyclic) bond motifs is 1. The number of hydrogen-bond acceptors (Lipinski definition) is 4. The number of amides is 2. The Balaban J connectivity index is 1.49. The summed E-state index contributed by atoms with van der Waals surface area (Å²) in [6, 6.07) is 5.82. The maximum atomic E-state index is 13.0. The predicted octanol–water partition coefficient (Wildman–Crippen LogP) is 2.56. The van der Waals surface area contributed by atoms with Crippen LogP contribution >= 0.6 is 0 Å². The van der Waals surface area contributed by atoms with Crippen LogP contribution in [-0.2, 0) is 9.59 Å². The van der Waals surface area contributed by atoms with E-state index in [0.29, 0.717) is 30.5 Å². The maximum Gasteiger partial charge on any atom is 0.231 e. The van der Waals surface area contributed by atoms with Gasteiger partial charge >= 0.3 is 0 Å². The molecule has 2 unspecified atom stereocenters. The predicted molar refractivity (Wildman–Crippen MR) is 92.7 cm³/mol. The van der Waals surface area contributed by atoms with E-state index >= 15 is 0 Å². The van der Waals surface area contributed by atoms with E-state index in [0.717, 1.165) is 31.5 Å². The zero-order valence-electron chi connectivity index (χ0n) is 14.6. The molecular formula is C19H24N2O4. The molecule has 0 saturated carbocycles. The summed E-state index contributed by atoms with van der Waals surface area (Å²) in [7, 11) is 0. The molecule has 0 radical (unpaired) electrons. The molecule has 3 aliphatic rings. The molecule has 25 heavy (non-hydrogen) atoms. The van der Waals surface area contributed by atoms with E-state index in [1.54, 1.807) is 4.90 Å². The molecule has 0 aliphatic carbocycles. The number of benzene rings is 1. The van der Waals surface area contributed by atoms with Gasteiger partial charge in [-0.25, -0.2) is 0 Å². The highest BCUT2D eigenvalue weighted by atomic mass is 16.7. The number of carbonyl (C=O) groups is 2. The summed E-state index contributed by atoms with van der Waals surface area (Å²) in [5.74, 6) is 1.25. The minimum Gasteiger partial charge on any atom is -0.454 e. The molecule has 6 nitrogen and oxygen atoms in total. The van der Waals surface area contributed by atoms with Crippen molar-refractivity contribution in [3.63, 3.8) is 0 Å². The summed E-state index contributed by atoms with van der Waals surface area (Å²) in [6.45, 7) is 3.62. The Kier molecular flexibility index (Phi) is 4.27. The van der Waals surface area contributed by atoms with Crippen LogP contribution in [0.5, 0.6) is 11.5 Å². The van der Waals surface area contributed by atoms with E-state index in [4.69, 9.17) is 9.47 Å². The number of carbonyl (C=O) groups excluding carboxylic acids is 2. The van der Waals surface area contributed by atoms with Crippen LogP contribution in [0.1, 0.15) is 39.0 Å². The first-order chi connectivity index (χ1) is 12.2. The SMILES string of the molecule is CCC1CCCCN1C(=O)C1CC(=O)N(c2ccc3c(c2)OCO3)C1. The lowest BCUT2D eigenvalue weighted by atomic mass is 9.97. The first-order valence-electron chi connectivity index (χ1n) is 9.18. The molecule has 4 rings (SSSR count). The van der Waals surface area contributed by atoms with Gasteiger partial charge in [0, 0.05) is 37.3 Å². The monoisotopic (exact) mass is 344 g/mol. The normalized spacial score (nSPS) is 25.6. The molecule has 0 N–H and O–H groups in total. The molecule has 1 aromatic rings. The Morgan fingerprint density at radius 1 is 1.24 bits per heavy atom. The van der Waals surface area contributed by atoms with Gasteiger partial charge in [0.25, 0.3) is 0 Å². The van der Waals surface area contributed by atoms with Crippen LogP contribution < -0.4 is 14.4 Å². The van der Waals surface area contributed by atoms with Crippen molar-refractivity contribution >= 4 is 17.5 Å². The second-order valence-corrected chi connectivity index (χ2v) is 7.03. The van der Waals surface area contributed by atoms with E-state index in [1.165, 1.54) is 6.42 Å². The molecule has 2 atom stereocenters. The summed E-state index contributed by atoms with van der Waals surface area (Å²) in [5.41, 5.74) is 0.773. The van der Waals surface area contributed by atoms with Crippen LogP contribution in [0.3, 0.4) is 0 Å². The van der Waals surface area contributed by atoms with Crippen LogP contribution in [-0.4, -0.2) is 42.6 Å². The molecule has 0 aromatic heterocycles. The van der Waals surface area contributed by atoms with Crippen molar-refractivity contribution < 1.29 is 19.1 Å². The Labute approximate surface area is 147 Å². The minimum absolute atomic E-state index is 0.00210. The van der Waals surface area contributed by atoms with Crippen molar-refractivity contribution in [2.45, 2.75) is 45.1 Å². The Morgan fingerprint density at radius 2 is 2.08 bits per heavy atom. The average molecular weight is 344 g/mol. The van der Waals surface area contributed by atoms with E-state index < -0.39 is 0 Å². The van der Waals surface area contributed by atoms with Gasteiger partial charge in [0.1, 0.15) is 0 Å². The first kappa shape index (κ1) is 16.2. The molecule has 0 spiro atoms. The highest BCUT2D eigenvalue weighted by Crippen LogP contribution is 2.37. The van der Waals surface area contributed by atoms with Crippen molar-refractivity contribution in [2.24, 2.45) is 5.92 Å². The van der Waals surface area contributed by atoms with Gasteiger partial charge in [0.15, 0.2) is 11.5 Å². The number of piperidine rings is 1. The van der Waals surface area contributed by atoms with Crippen LogP contribution in [0.25, 0.3) is 0 Å². The molecular weight excluding hydrogens is 320 g/mol. The third-order valence-corrected chi connectivity index (χ3v) is 5.52. The lowest BCUT2D eigenvalue weighted by molar-refractivity contribution is -0.139. The van der Waals surface area contributed by atoms with Gasteiger partial charge in [-0.15, -0.1) is 0 Å². The second kappa shape index (κ2) is 6.58. The fraction of sp³-hybridized carbons (Fsp3) is 0.579. The van der Waals surface area contributed by atoms with Crippen LogP contribution in [0.4, 0.5) is 5.69 Å². The van der Waals surface area contributed by atoms with Crippen molar-refractivity contribution in [3.05, 3.63) is 18.2 Å². The fourth-order valence-corrected chi connectivity index (χ4v) is 4.13. The van der Waals surface area contributed by atoms with Crippen LogP contribution in [0.2, 0.25) is 0 Å². The third-order valence-electron chi connectivity index (χ3n) is 5.52. The molecule has 3 heterocycles. The smallest absolute Gasteiger partial charge is 0.231 e. The molecule has 134 valence electrons. The Morgan fingerprint density at radius 3 is 2.92 bits per heavy atom. The van der Waals surface area contributed by atoms with E-state index in [1.807, 2.05) is 23.1 Å². The number of hydrogen-bond donors (Lipinski definition) is 0. The van der Waals surface area contributed by atoms with Crippen molar-refractivity contribution in [2.75, 3.05) is 24.8 Å². The van der Waals surface area contributed by atoms with Gasteiger partial charge in [0.2, 0.25) is 18.6 Å². The highest BCUT2D eigenvalue weighted by Gasteiger charge is 2.39. The zero-order chi connectivity index (χ0) is 17.4. The highest BCUT2D eigenvalue weighted by molar-refractivity contribution is 6.00. The molecule has 1 aromatic carbocycles. The van der Waals surface area contributed by atoms with Gasteiger partial charge in [-0.1, -0.05) is 6.92 Å². The fourth-order valence-electron chi connectivity index (χ4n) is 4.13. The van der Waals surface area contributed by atoms with E-state index in [-0.39, 0.29) is 24.5 Å². The van der Waals surface area contributed by atoms with E-state index in [9.17, 15) is 9.59 Å². The van der Waals surface area contributed by atoms with Gasteiger partial charge in [0.05, 0.1) is 5.92 Å². The van der Waals surface area contributed by atoms with Crippen LogP contribution in [0.15, 0.2) is 18.2 Å². The maximum absolute atomic E-state index is 13.0. The largest absolute Gasteiger partial charge is 0.454 e. The topological polar surface area (TPSA) is 59.1 Å². The number of rotatable bonds is 3. The number of ether oxygens (including phenoxy) is 2. The number of anilines is 1. The van der Waals surface area contributed by atoms with Crippen LogP contribution in [0, 0.1) is 5.92 Å². The summed E-state index contributed by atoms with van der Waals surface area (Å²) < 4.78 is 10.7. The lowest BCUT2D eigenvalue weighted by Crippen LogP contribution is -2.46. The van der Waals surface area contributed by atoms with E-state index in [2.05, 4.69) is 6.92 Å². The van der Waals surface area contributed by atoms with Gasteiger partial charge in [-0.05, 0) is 37.8 Å². The lowest BCUT2D eigenvalue weighted by Gasteiger charge is -2.36. The van der Waals surface area contributed by atoms with Crippen molar-refractivity contribution in [3.8, 4) is 11.5 Å². The zero-order valence-corrected chi connectivity index (χ0v) is 14.6. The van der Waals surface area contributed by atoms with Gasteiger partial charge in [-0.3, -0.25) is 9.59 Å². The molecule has 2 saturated heterocycles. The minimum atomic E-state index is -0.245. The second-order valence-electron chi connectivity index (χ2n) is 7.03. The summed E-state index contributed by atoms with van der Waals surface area (Å²) in [6.07, 6.45) is 4.61. The van der Waals surface area contributed by atoms with Crippen molar-refractivity contribution in [1.82, 2.24) is 4.90 Å². The molecule has 6 heteroatoms. The number of likely N-dealkylation sites (tertiary alicyclic amines) is 1. The quantitative estimate of drug-likeness (QED) is 0.846. The molecule has 2 fully saturated rings. The standard InChI is InChI=1S/C19H24N2O4/c1-2-14-5-3-4-8-20(14)19(23)13-9-18(22)21(11-13)15-6-7-16-17(10-15)25-12-24-16/h6-7,10,13-14H,2-5,8-9,11-12H2,1H3. The van der Waals surface area contributed by atoms with Gasteiger partial charge in [-0.2, -0.15) is 0 Å². The Bertz CT molecular complexity index is 690.